The molecule has 0 aliphatic carbocycles. The third-order valence-electron chi connectivity index (χ3n) is 3.60. The summed E-state index contributed by atoms with van der Waals surface area (Å²) in [5.41, 5.74) is 1.87. The molecule has 1 aliphatic heterocycles. The van der Waals surface area contributed by atoms with Crippen molar-refractivity contribution in [2.24, 2.45) is 0 Å². The van der Waals surface area contributed by atoms with Crippen molar-refractivity contribution in [2.75, 3.05) is 19.6 Å². The smallest absolute Gasteiger partial charge is 0.227 e. The van der Waals surface area contributed by atoms with Crippen molar-refractivity contribution in [3.05, 3.63) is 30.1 Å². The highest BCUT2D eigenvalue weighted by molar-refractivity contribution is 5.87. The van der Waals surface area contributed by atoms with Crippen LogP contribution >= 0.6 is 12.4 Å². The standard InChI is InChI=1S/C14H18N4O.ClH/c1-10-9-18(6-5-15-10)13(19)7-11-8-17-14-12(11)3-2-4-16-14;/h2-4,8,10,15H,5-7,9H2,1H3,(H,16,17);1H. The van der Waals surface area contributed by atoms with Crippen LogP contribution < -0.4 is 5.32 Å². The Bertz CT molecular complexity index is 598. The van der Waals surface area contributed by atoms with Crippen LogP contribution in [0.4, 0.5) is 0 Å². The van der Waals surface area contributed by atoms with Gasteiger partial charge >= 0.3 is 0 Å². The van der Waals surface area contributed by atoms with E-state index in [0.29, 0.717) is 12.5 Å². The molecule has 5 nitrogen and oxygen atoms in total. The molecule has 0 aromatic carbocycles. The van der Waals surface area contributed by atoms with Gasteiger partial charge in [0, 0.05) is 43.5 Å². The van der Waals surface area contributed by atoms with E-state index >= 15 is 0 Å². The average molecular weight is 295 g/mol. The van der Waals surface area contributed by atoms with Gasteiger partial charge < -0.3 is 15.2 Å². The van der Waals surface area contributed by atoms with Crippen molar-refractivity contribution in [1.29, 1.82) is 0 Å². The maximum absolute atomic E-state index is 12.3. The van der Waals surface area contributed by atoms with Crippen LogP contribution in [0.1, 0.15) is 12.5 Å². The fourth-order valence-electron chi connectivity index (χ4n) is 2.59. The minimum atomic E-state index is 0. The second-order valence-corrected chi connectivity index (χ2v) is 5.09. The zero-order valence-electron chi connectivity index (χ0n) is 11.4. The number of fused-ring (bicyclic) bond motifs is 1. The number of hydrogen-bond acceptors (Lipinski definition) is 3. The number of aromatic nitrogens is 2. The molecule has 0 radical (unpaired) electrons. The molecule has 3 heterocycles. The molecule has 0 saturated carbocycles. The molecule has 6 heteroatoms. The minimum absolute atomic E-state index is 0. The first-order valence-electron chi connectivity index (χ1n) is 6.66. The second kappa shape index (κ2) is 6.24. The van der Waals surface area contributed by atoms with E-state index in [0.717, 1.165) is 36.2 Å². The van der Waals surface area contributed by atoms with Crippen LogP contribution in [-0.2, 0) is 11.2 Å². The Morgan fingerprint density at radius 2 is 2.40 bits per heavy atom. The molecule has 0 bridgehead atoms. The Kier molecular flexibility index (Phi) is 4.62. The largest absolute Gasteiger partial charge is 0.346 e. The van der Waals surface area contributed by atoms with E-state index in [-0.39, 0.29) is 18.3 Å². The van der Waals surface area contributed by atoms with Crippen molar-refractivity contribution >= 4 is 29.3 Å². The Balaban J connectivity index is 0.00000147. The van der Waals surface area contributed by atoms with Crippen LogP contribution in [0.25, 0.3) is 11.0 Å². The van der Waals surface area contributed by atoms with Crippen LogP contribution in [-0.4, -0.2) is 46.5 Å². The van der Waals surface area contributed by atoms with Gasteiger partial charge in [0.25, 0.3) is 0 Å². The number of carbonyl (C=O) groups excluding carboxylic acids is 1. The molecular formula is C14H19ClN4O. The highest BCUT2D eigenvalue weighted by Gasteiger charge is 2.21. The zero-order valence-corrected chi connectivity index (χ0v) is 12.2. The number of nitrogens with one attached hydrogen (secondary N) is 2. The number of amides is 1. The summed E-state index contributed by atoms with van der Waals surface area (Å²) in [6.07, 6.45) is 4.09. The molecule has 0 spiro atoms. The molecule has 2 aromatic rings. The van der Waals surface area contributed by atoms with Gasteiger partial charge in [-0.15, -0.1) is 12.4 Å². The number of rotatable bonds is 2. The normalized spacial score (nSPS) is 18.9. The minimum Gasteiger partial charge on any atom is -0.346 e. The molecule has 1 amide bonds. The second-order valence-electron chi connectivity index (χ2n) is 5.09. The topological polar surface area (TPSA) is 61.0 Å². The van der Waals surface area contributed by atoms with Crippen molar-refractivity contribution in [1.82, 2.24) is 20.2 Å². The van der Waals surface area contributed by atoms with Crippen molar-refractivity contribution in [3.63, 3.8) is 0 Å². The summed E-state index contributed by atoms with van der Waals surface area (Å²) in [6.45, 7) is 4.57. The van der Waals surface area contributed by atoms with Gasteiger partial charge in [0.15, 0.2) is 0 Å². The average Bonchev–Trinajstić information content (AvgIpc) is 2.82. The highest BCUT2D eigenvalue weighted by atomic mass is 35.5. The first-order valence-corrected chi connectivity index (χ1v) is 6.66. The third kappa shape index (κ3) is 2.94. The van der Waals surface area contributed by atoms with Gasteiger partial charge in [0.2, 0.25) is 5.91 Å². The van der Waals surface area contributed by atoms with Gasteiger partial charge in [-0.1, -0.05) is 0 Å². The van der Waals surface area contributed by atoms with E-state index in [1.54, 1.807) is 6.20 Å². The lowest BCUT2D eigenvalue weighted by Crippen LogP contribution is -2.51. The van der Waals surface area contributed by atoms with Crippen molar-refractivity contribution in [2.45, 2.75) is 19.4 Å². The SMILES string of the molecule is CC1CN(C(=O)Cc2c[nH]c3ncccc23)CCN1.Cl. The summed E-state index contributed by atoms with van der Waals surface area (Å²) < 4.78 is 0. The zero-order chi connectivity index (χ0) is 13.2. The first-order chi connectivity index (χ1) is 9.24. The number of aromatic amines is 1. The van der Waals surface area contributed by atoms with E-state index < -0.39 is 0 Å². The Morgan fingerprint density at radius 3 is 3.20 bits per heavy atom. The van der Waals surface area contributed by atoms with Gasteiger partial charge in [0.1, 0.15) is 5.65 Å². The predicted molar refractivity (Wildman–Crippen MR) is 81.1 cm³/mol. The van der Waals surface area contributed by atoms with E-state index in [1.807, 2.05) is 23.2 Å². The van der Waals surface area contributed by atoms with Crippen LogP contribution in [0, 0.1) is 0 Å². The summed E-state index contributed by atoms with van der Waals surface area (Å²) in [4.78, 5) is 21.6. The lowest BCUT2D eigenvalue weighted by Gasteiger charge is -2.31. The summed E-state index contributed by atoms with van der Waals surface area (Å²) in [5.74, 6) is 0.193. The Labute approximate surface area is 124 Å². The molecule has 108 valence electrons. The number of nitrogens with zero attached hydrogens (tertiary/aromatic N) is 2. The van der Waals surface area contributed by atoms with Gasteiger partial charge in [0.05, 0.1) is 6.42 Å². The summed E-state index contributed by atoms with van der Waals surface area (Å²) >= 11 is 0. The fraction of sp³-hybridized carbons (Fsp3) is 0.429. The van der Waals surface area contributed by atoms with E-state index in [9.17, 15) is 4.79 Å². The third-order valence-corrected chi connectivity index (χ3v) is 3.60. The number of H-pyrrole nitrogens is 1. The molecular weight excluding hydrogens is 276 g/mol. The molecule has 1 unspecified atom stereocenters. The highest BCUT2D eigenvalue weighted by Crippen LogP contribution is 2.17. The predicted octanol–water partition coefficient (Wildman–Crippen LogP) is 1.35. The summed E-state index contributed by atoms with van der Waals surface area (Å²) in [7, 11) is 0. The van der Waals surface area contributed by atoms with Crippen LogP contribution in [0.5, 0.6) is 0 Å². The monoisotopic (exact) mass is 294 g/mol. The number of piperazine rings is 1. The molecule has 20 heavy (non-hydrogen) atoms. The lowest BCUT2D eigenvalue weighted by atomic mass is 10.1. The van der Waals surface area contributed by atoms with Crippen LogP contribution in [0.3, 0.4) is 0 Å². The van der Waals surface area contributed by atoms with Crippen LogP contribution in [0.15, 0.2) is 24.5 Å². The van der Waals surface area contributed by atoms with Crippen molar-refractivity contribution < 1.29 is 4.79 Å². The number of pyridine rings is 1. The Morgan fingerprint density at radius 1 is 1.55 bits per heavy atom. The number of carbonyl (C=O) groups is 1. The first kappa shape index (κ1) is 14.8. The van der Waals surface area contributed by atoms with Crippen LogP contribution in [0.2, 0.25) is 0 Å². The van der Waals surface area contributed by atoms with Gasteiger partial charge in [-0.25, -0.2) is 4.98 Å². The van der Waals surface area contributed by atoms with Gasteiger partial charge in [-0.05, 0) is 24.6 Å². The molecule has 1 fully saturated rings. The lowest BCUT2D eigenvalue weighted by molar-refractivity contribution is -0.131. The number of halogens is 1. The molecule has 1 saturated heterocycles. The molecule has 2 N–H and O–H groups in total. The number of hydrogen-bond donors (Lipinski definition) is 2. The maximum atomic E-state index is 12.3. The van der Waals surface area contributed by atoms with Gasteiger partial charge in [-0.3, -0.25) is 4.79 Å². The molecule has 2 aromatic heterocycles. The Hall–Kier alpha value is -1.59. The van der Waals surface area contributed by atoms with E-state index in [4.69, 9.17) is 0 Å². The fourth-order valence-corrected chi connectivity index (χ4v) is 2.59. The summed E-state index contributed by atoms with van der Waals surface area (Å²) in [5, 5.41) is 4.39. The van der Waals surface area contributed by atoms with Gasteiger partial charge in [-0.2, -0.15) is 0 Å². The maximum Gasteiger partial charge on any atom is 0.227 e. The van der Waals surface area contributed by atoms with Crippen molar-refractivity contribution in [3.8, 4) is 0 Å². The van der Waals surface area contributed by atoms with E-state index in [2.05, 4.69) is 22.2 Å². The molecule has 3 rings (SSSR count). The van der Waals surface area contributed by atoms with E-state index in [1.165, 1.54) is 0 Å². The molecule has 1 aliphatic rings. The molecule has 1 atom stereocenters. The quantitative estimate of drug-likeness (QED) is 0.879. The summed E-state index contributed by atoms with van der Waals surface area (Å²) in [6, 6.07) is 4.28.